The van der Waals surface area contributed by atoms with Crippen molar-refractivity contribution >= 4 is 0 Å². The zero-order valence-electron chi connectivity index (χ0n) is 6.57. The van der Waals surface area contributed by atoms with Crippen LogP contribution in [0.5, 0.6) is 0 Å². The minimum atomic E-state index is -0.690. The summed E-state index contributed by atoms with van der Waals surface area (Å²) in [5.74, 6) is 0. The molecule has 60 valence electrons. The summed E-state index contributed by atoms with van der Waals surface area (Å²) in [6.45, 7) is 4.03. The monoisotopic (exact) mass is 145 g/mol. The number of hydrogen-bond donors (Lipinski definition) is 1. The highest BCUT2D eigenvalue weighted by Crippen LogP contribution is 2.03. The molecule has 0 fully saturated rings. The molecule has 0 spiro atoms. The average Bonchev–Trinajstić information content (AvgIpc) is 1.89. The Morgan fingerprint density at radius 1 is 1.70 bits per heavy atom. The molecule has 0 rings (SSSR count). The molecule has 0 amide bonds. The minimum absolute atomic E-state index is 0.469. The van der Waals surface area contributed by atoms with Gasteiger partial charge in [-0.25, -0.2) is 4.39 Å². The second kappa shape index (κ2) is 6.75. The van der Waals surface area contributed by atoms with E-state index in [2.05, 4.69) is 11.9 Å². The molecule has 0 aromatic carbocycles. The fraction of sp³-hybridized carbons (Fsp3) is 0.750. The van der Waals surface area contributed by atoms with E-state index in [1.807, 2.05) is 6.08 Å². The van der Waals surface area contributed by atoms with Crippen LogP contribution < -0.4 is 5.32 Å². The molecule has 0 aliphatic rings. The summed E-state index contributed by atoms with van der Waals surface area (Å²) in [5, 5.41) is 2.79. The van der Waals surface area contributed by atoms with Crippen LogP contribution in [0.1, 0.15) is 19.3 Å². The maximum absolute atomic E-state index is 12.6. The highest BCUT2D eigenvalue weighted by atomic mass is 19.1. The van der Waals surface area contributed by atoms with Gasteiger partial charge in [0.1, 0.15) is 6.17 Å². The number of unbranched alkanes of at least 4 members (excludes halogenated alkanes) is 1. The van der Waals surface area contributed by atoms with E-state index in [1.54, 1.807) is 7.05 Å². The van der Waals surface area contributed by atoms with E-state index in [0.717, 1.165) is 12.8 Å². The summed E-state index contributed by atoms with van der Waals surface area (Å²) in [6, 6.07) is 0. The largest absolute Gasteiger partial charge is 0.317 e. The molecular formula is C8H16FN. The lowest BCUT2D eigenvalue weighted by Gasteiger charge is -2.04. The van der Waals surface area contributed by atoms with E-state index in [9.17, 15) is 4.39 Å². The Kier molecular flexibility index (Phi) is 6.50. The standard InChI is InChI=1S/C8H16FN/c1-3-4-5-6-8(9)7-10-2/h3,8,10H,1,4-7H2,2H3. The minimum Gasteiger partial charge on any atom is -0.317 e. The van der Waals surface area contributed by atoms with Gasteiger partial charge in [-0.3, -0.25) is 0 Å². The molecule has 0 saturated carbocycles. The van der Waals surface area contributed by atoms with E-state index in [0.29, 0.717) is 13.0 Å². The first-order chi connectivity index (χ1) is 4.81. The van der Waals surface area contributed by atoms with Crippen molar-refractivity contribution in [3.05, 3.63) is 12.7 Å². The van der Waals surface area contributed by atoms with Crippen molar-refractivity contribution in [2.45, 2.75) is 25.4 Å². The lowest BCUT2D eigenvalue weighted by atomic mass is 10.2. The first kappa shape index (κ1) is 9.63. The van der Waals surface area contributed by atoms with Crippen LogP contribution in [0.2, 0.25) is 0 Å². The van der Waals surface area contributed by atoms with Gasteiger partial charge in [0.15, 0.2) is 0 Å². The molecule has 0 bridgehead atoms. The maximum Gasteiger partial charge on any atom is 0.112 e. The Labute approximate surface area is 62.3 Å². The van der Waals surface area contributed by atoms with Crippen LogP contribution in [0, 0.1) is 0 Å². The Morgan fingerprint density at radius 3 is 2.90 bits per heavy atom. The highest BCUT2D eigenvalue weighted by Gasteiger charge is 2.02. The van der Waals surface area contributed by atoms with Gasteiger partial charge >= 0.3 is 0 Å². The second-order valence-electron chi connectivity index (χ2n) is 2.37. The molecule has 0 aromatic heterocycles. The van der Waals surface area contributed by atoms with Gasteiger partial charge in [-0.05, 0) is 26.3 Å². The predicted octanol–water partition coefficient (Wildman–Crippen LogP) is 1.90. The smallest absolute Gasteiger partial charge is 0.112 e. The van der Waals surface area contributed by atoms with Gasteiger partial charge in [-0.2, -0.15) is 0 Å². The van der Waals surface area contributed by atoms with Gasteiger partial charge in [0.05, 0.1) is 0 Å². The Bertz CT molecular complexity index is 83.3. The van der Waals surface area contributed by atoms with Crippen molar-refractivity contribution in [2.75, 3.05) is 13.6 Å². The SMILES string of the molecule is C=CCCCC(F)CNC. The van der Waals surface area contributed by atoms with Gasteiger partial charge in [-0.1, -0.05) is 6.08 Å². The number of alkyl halides is 1. The van der Waals surface area contributed by atoms with Crippen molar-refractivity contribution in [3.63, 3.8) is 0 Å². The van der Waals surface area contributed by atoms with E-state index in [1.165, 1.54) is 0 Å². The quantitative estimate of drug-likeness (QED) is 0.444. The van der Waals surface area contributed by atoms with Gasteiger partial charge < -0.3 is 5.32 Å². The molecule has 0 heterocycles. The summed E-state index contributed by atoms with van der Waals surface area (Å²) < 4.78 is 12.6. The van der Waals surface area contributed by atoms with Crippen molar-refractivity contribution in [3.8, 4) is 0 Å². The zero-order chi connectivity index (χ0) is 7.82. The van der Waals surface area contributed by atoms with Crippen LogP contribution in [-0.4, -0.2) is 19.8 Å². The molecule has 10 heavy (non-hydrogen) atoms. The summed E-state index contributed by atoms with van der Waals surface area (Å²) in [4.78, 5) is 0. The molecule has 0 saturated heterocycles. The Hall–Kier alpha value is -0.370. The molecule has 0 aromatic rings. The van der Waals surface area contributed by atoms with E-state index < -0.39 is 6.17 Å². The summed E-state index contributed by atoms with van der Waals surface area (Å²) >= 11 is 0. The van der Waals surface area contributed by atoms with Gasteiger partial charge in [0, 0.05) is 6.54 Å². The van der Waals surface area contributed by atoms with Crippen molar-refractivity contribution in [1.29, 1.82) is 0 Å². The van der Waals surface area contributed by atoms with Crippen LogP contribution in [0.3, 0.4) is 0 Å². The highest BCUT2D eigenvalue weighted by molar-refractivity contribution is 4.67. The number of nitrogens with one attached hydrogen (secondary N) is 1. The van der Waals surface area contributed by atoms with Crippen LogP contribution in [0.4, 0.5) is 4.39 Å². The topological polar surface area (TPSA) is 12.0 Å². The van der Waals surface area contributed by atoms with Crippen molar-refractivity contribution in [2.24, 2.45) is 0 Å². The number of allylic oxidation sites excluding steroid dienone is 1. The van der Waals surface area contributed by atoms with E-state index in [-0.39, 0.29) is 0 Å². The third-order valence-corrected chi connectivity index (χ3v) is 1.35. The summed E-state index contributed by atoms with van der Waals surface area (Å²) in [5.41, 5.74) is 0. The molecule has 0 aliphatic carbocycles. The van der Waals surface area contributed by atoms with Crippen molar-refractivity contribution < 1.29 is 4.39 Å². The average molecular weight is 145 g/mol. The molecule has 1 nitrogen and oxygen atoms in total. The first-order valence-electron chi connectivity index (χ1n) is 3.70. The van der Waals surface area contributed by atoms with Crippen LogP contribution in [0.25, 0.3) is 0 Å². The molecule has 1 N–H and O–H groups in total. The van der Waals surface area contributed by atoms with E-state index >= 15 is 0 Å². The normalized spacial score (nSPS) is 13.0. The number of halogens is 1. The third kappa shape index (κ3) is 5.76. The lowest BCUT2D eigenvalue weighted by molar-refractivity contribution is 0.302. The first-order valence-corrected chi connectivity index (χ1v) is 3.70. The van der Waals surface area contributed by atoms with Crippen LogP contribution in [-0.2, 0) is 0 Å². The van der Waals surface area contributed by atoms with Crippen LogP contribution >= 0.6 is 0 Å². The number of hydrogen-bond acceptors (Lipinski definition) is 1. The Balaban J connectivity index is 3.04. The van der Waals surface area contributed by atoms with Gasteiger partial charge in [0.25, 0.3) is 0 Å². The second-order valence-corrected chi connectivity index (χ2v) is 2.37. The maximum atomic E-state index is 12.6. The molecule has 1 atom stereocenters. The zero-order valence-corrected chi connectivity index (χ0v) is 6.57. The third-order valence-electron chi connectivity index (χ3n) is 1.35. The molecule has 0 aliphatic heterocycles. The lowest BCUT2D eigenvalue weighted by Crippen LogP contribution is -2.19. The van der Waals surface area contributed by atoms with Crippen molar-refractivity contribution in [1.82, 2.24) is 5.32 Å². The summed E-state index contributed by atoms with van der Waals surface area (Å²) in [7, 11) is 1.76. The van der Waals surface area contributed by atoms with Crippen LogP contribution in [0.15, 0.2) is 12.7 Å². The molecular weight excluding hydrogens is 129 g/mol. The molecule has 2 heteroatoms. The van der Waals surface area contributed by atoms with Gasteiger partial charge in [0.2, 0.25) is 0 Å². The fourth-order valence-corrected chi connectivity index (χ4v) is 0.807. The van der Waals surface area contributed by atoms with E-state index in [4.69, 9.17) is 0 Å². The fourth-order valence-electron chi connectivity index (χ4n) is 0.807. The summed E-state index contributed by atoms with van der Waals surface area (Å²) in [6.07, 6.45) is 3.61. The molecule has 0 radical (unpaired) electrons. The predicted molar refractivity (Wildman–Crippen MR) is 42.9 cm³/mol. The van der Waals surface area contributed by atoms with Gasteiger partial charge in [-0.15, -0.1) is 6.58 Å². The Morgan fingerprint density at radius 2 is 2.40 bits per heavy atom. The number of rotatable bonds is 6. The molecule has 1 unspecified atom stereocenters.